The zero-order valence-corrected chi connectivity index (χ0v) is 24.1. The number of rotatable bonds is 7. The number of amides is 1. The summed E-state index contributed by atoms with van der Waals surface area (Å²) >= 11 is 0. The van der Waals surface area contributed by atoms with Crippen molar-refractivity contribution >= 4 is 11.6 Å². The molecule has 2 aromatic carbocycles. The van der Waals surface area contributed by atoms with E-state index in [0.717, 1.165) is 38.0 Å². The van der Waals surface area contributed by atoms with Crippen LogP contribution < -0.4 is 9.64 Å². The number of fused-ring (bicyclic) bond motifs is 1. The van der Waals surface area contributed by atoms with E-state index in [1.54, 1.807) is 4.90 Å². The van der Waals surface area contributed by atoms with E-state index < -0.39 is 0 Å². The number of likely N-dealkylation sites (N-methyl/N-ethyl adjacent to an activating group) is 1. The molecule has 1 aliphatic rings. The van der Waals surface area contributed by atoms with Gasteiger partial charge in [0.1, 0.15) is 5.75 Å². The Kier molecular flexibility index (Phi) is 11.4. The Morgan fingerprint density at radius 2 is 1.82 bits per heavy atom. The number of aliphatic hydroxyl groups excluding tert-OH is 1. The highest BCUT2D eigenvalue weighted by atomic mass is 16.5. The maximum Gasteiger partial charge on any atom is 0.258 e. The van der Waals surface area contributed by atoms with E-state index in [1.807, 2.05) is 50.2 Å². The Bertz CT molecular complexity index is 1000. The molecule has 1 aliphatic heterocycles. The van der Waals surface area contributed by atoms with Crippen LogP contribution in [-0.4, -0.2) is 86.5 Å². The third kappa shape index (κ3) is 8.45. The van der Waals surface area contributed by atoms with E-state index in [1.165, 1.54) is 5.56 Å². The topological polar surface area (TPSA) is 65.5 Å². The molecule has 0 spiro atoms. The molecule has 0 saturated heterocycles. The molecule has 0 aromatic heterocycles. The molecule has 0 fully saturated rings. The Morgan fingerprint density at radius 3 is 2.50 bits per heavy atom. The van der Waals surface area contributed by atoms with Crippen molar-refractivity contribution in [1.29, 1.82) is 0 Å². The summed E-state index contributed by atoms with van der Waals surface area (Å²) in [6.07, 6.45) is 2.77. The molecule has 210 valence electrons. The van der Waals surface area contributed by atoms with Gasteiger partial charge in [0.2, 0.25) is 0 Å². The van der Waals surface area contributed by atoms with Gasteiger partial charge in [0, 0.05) is 51.9 Å². The fourth-order valence-electron chi connectivity index (χ4n) is 4.92. The molecule has 2 aromatic rings. The highest BCUT2D eigenvalue weighted by molar-refractivity contribution is 5.98. The van der Waals surface area contributed by atoms with Gasteiger partial charge in [0.25, 0.3) is 5.91 Å². The summed E-state index contributed by atoms with van der Waals surface area (Å²) in [5.74, 6) is 0.538. The number of hydrogen-bond donors (Lipinski definition) is 1. The van der Waals surface area contributed by atoms with Crippen molar-refractivity contribution in [3.63, 3.8) is 0 Å². The summed E-state index contributed by atoms with van der Waals surface area (Å²) in [5.41, 5.74) is 2.73. The fourth-order valence-corrected chi connectivity index (χ4v) is 4.92. The lowest BCUT2D eigenvalue weighted by Crippen LogP contribution is -2.47. The number of benzene rings is 2. The van der Waals surface area contributed by atoms with Crippen LogP contribution in [0.4, 0.5) is 5.69 Å². The van der Waals surface area contributed by atoms with Gasteiger partial charge >= 0.3 is 0 Å². The maximum atomic E-state index is 14.1. The largest absolute Gasteiger partial charge is 0.490 e. The van der Waals surface area contributed by atoms with Crippen molar-refractivity contribution in [3.05, 3.63) is 59.7 Å². The molecule has 1 amide bonds. The Hall–Kier alpha value is -2.61. The van der Waals surface area contributed by atoms with Crippen molar-refractivity contribution in [2.45, 2.75) is 64.8 Å². The normalized spacial score (nSPS) is 22.4. The van der Waals surface area contributed by atoms with Crippen molar-refractivity contribution in [1.82, 2.24) is 9.80 Å². The first-order valence-corrected chi connectivity index (χ1v) is 13.9. The predicted octanol–water partition coefficient (Wildman–Crippen LogP) is 4.68. The molecule has 0 unspecified atom stereocenters. The number of aliphatic hydroxyl groups is 1. The predicted molar refractivity (Wildman–Crippen MR) is 154 cm³/mol. The van der Waals surface area contributed by atoms with Crippen LogP contribution >= 0.6 is 0 Å². The van der Waals surface area contributed by atoms with E-state index in [-0.39, 0.29) is 36.7 Å². The van der Waals surface area contributed by atoms with Crippen LogP contribution in [0.25, 0.3) is 0 Å². The van der Waals surface area contributed by atoms with Crippen LogP contribution in [-0.2, 0) is 11.3 Å². The lowest BCUT2D eigenvalue weighted by Gasteiger charge is -2.36. The van der Waals surface area contributed by atoms with Crippen LogP contribution in [0.15, 0.2) is 48.5 Å². The quantitative estimate of drug-likeness (QED) is 0.566. The molecule has 0 radical (unpaired) electrons. The summed E-state index contributed by atoms with van der Waals surface area (Å²) < 4.78 is 12.8. The second kappa shape index (κ2) is 14.5. The highest BCUT2D eigenvalue weighted by Crippen LogP contribution is 2.29. The molecule has 38 heavy (non-hydrogen) atoms. The molecular weight excluding hydrogens is 478 g/mol. The van der Waals surface area contributed by atoms with Gasteiger partial charge in [0.15, 0.2) is 0 Å². The third-order valence-corrected chi connectivity index (χ3v) is 7.34. The minimum Gasteiger partial charge on any atom is -0.490 e. The van der Waals surface area contributed by atoms with Gasteiger partial charge < -0.3 is 24.4 Å². The molecule has 0 bridgehead atoms. The van der Waals surface area contributed by atoms with Crippen molar-refractivity contribution < 1.29 is 19.4 Å². The second-order valence-electron chi connectivity index (χ2n) is 11.1. The Balaban J connectivity index is 1.90. The number of nitrogens with zero attached hydrogens (tertiary/aromatic N) is 3. The molecule has 0 aliphatic carbocycles. The fraction of sp³-hybridized carbons (Fsp3) is 0.581. The summed E-state index contributed by atoms with van der Waals surface area (Å²) in [5, 5.41) is 10.1. The summed E-state index contributed by atoms with van der Waals surface area (Å²) in [7, 11) is 6.04. The van der Waals surface area contributed by atoms with Gasteiger partial charge in [-0.3, -0.25) is 9.69 Å². The first-order valence-electron chi connectivity index (χ1n) is 13.9. The zero-order chi connectivity index (χ0) is 27.7. The first-order chi connectivity index (χ1) is 18.2. The number of anilines is 1. The Labute approximate surface area is 229 Å². The summed E-state index contributed by atoms with van der Waals surface area (Å²) in [6.45, 7) is 8.72. The van der Waals surface area contributed by atoms with Gasteiger partial charge in [-0.05, 0) is 63.9 Å². The SMILES string of the molecule is C[C@@H]1CCCCO[C@@H](CN(C)Cc2ccccc2)[C@@H](C)CN([C@@H](C)CO)C(=O)c2cc(N(C)C)ccc2O1. The smallest absolute Gasteiger partial charge is 0.258 e. The van der Waals surface area contributed by atoms with Gasteiger partial charge in [-0.15, -0.1) is 0 Å². The van der Waals surface area contributed by atoms with E-state index in [2.05, 4.69) is 50.1 Å². The summed E-state index contributed by atoms with van der Waals surface area (Å²) in [6, 6.07) is 15.9. The molecule has 1 N–H and O–H groups in total. The van der Waals surface area contributed by atoms with Crippen LogP contribution in [0.5, 0.6) is 5.75 Å². The van der Waals surface area contributed by atoms with Crippen LogP contribution in [0, 0.1) is 5.92 Å². The number of carbonyl (C=O) groups is 1. The molecule has 3 rings (SSSR count). The van der Waals surface area contributed by atoms with Crippen molar-refractivity contribution in [2.75, 3.05) is 52.3 Å². The van der Waals surface area contributed by atoms with Gasteiger partial charge in [-0.25, -0.2) is 0 Å². The minimum absolute atomic E-state index is 0.0230. The molecule has 1 heterocycles. The molecule has 0 saturated carbocycles. The Morgan fingerprint density at radius 1 is 1.08 bits per heavy atom. The van der Waals surface area contributed by atoms with E-state index in [4.69, 9.17) is 9.47 Å². The summed E-state index contributed by atoms with van der Waals surface area (Å²) in [4.78, 5) is 20.1. The van der Waals surface area contributed by atoms with Gasteiger partial charge in [-0.2, -0.15) is 0 Å². The first kappa shape index (κ1) is 29.9. The van der Waals surface area contributed by atoms with Crippen molar-refractivity contribution in [2.24, 2.45) is 5.92 Å². The maximum absolute atomic E-state index is 14.1. The standard InChI is InChI=1S/C31H47N3O4/c1-23-19-34(24(2)22-35)31(36)28-18-27(32(4)5)15-16-29(28)38-25(3)12-10-11-17-37-30(23)21-33(6)20-26-13-8-7-9-14-26/h7-9,13-16,18,23-25,30,35H,10-12,17,19-22H2,1-6H3/t23-,24-,25+,30-/m0/s1. The zero-order valence-electron chi connectivity index (χ0n) is 24.1. The lowest BCUT2D eigenvalue weighted by molar-refractivity contribution is -0.0177. The van der Waals surface area contributed by atoms with Gasteiger partial charge in [-0.1, -0.05) is 37.3 Å². The number of ether oxygens (including phenoxy) is 2. The second-order valence-corrected chi connectivity index (χ2v) is 11.1. The lowest BCUT2D eigenvalue weighted by atomic mass is 10.0. The van der Waals surface area contributed by atoms with E-state index >= 15 is 0 Å². The van der Waals surface area contributed by atoms with Crippen LogP contribution in [0.3, 0.4) is 0 Å². The number of hydrogen-bond acceptors (Lipinski definition) is 6. The molecular formula is C31H47N3O4. The van der Waals surface area contributed by atoms with Gasteiger partial charge in [0.05, 0.1) is 30.4 Å². The van der Waals surface area contributed by atoms with E-state index in [0.29, 0.717) is 24.5 Å². The number of carbonyl (C=O) groups excluding carboxylic acids is 1. The third-order valence-electron chi connectivity index (χ3n) is 7.34. The van der Waals surface area contributed by atoms with Crippen LogP contribution in [0.1, 0.15) is 56.0 Å². The average Bonchev–Trinajstić information content (AvgIpc) is 2.90. The van der Waals surface area contributed by atoms with Crippen molar-refractivity contribution in [3.8, 4) is 5.75 Å². The molecule has 7 nitrogen and oxygen atoms in total. The highest BCUT2D eigenvalue weighted by Gasteiger charge is 2.30. The van der Waals surface area contributed by atoms with Crippen LogP contribution in [0.2, 0.25) is 0 Å². The average molecular weight is 526 g/mol. The molecule has 4 atom stereocenters. The molecule has 7 heteroatoms. The minimum atomic E-state index is -0.339. The van der Waals surface area contributed by atoms with E-state index in [9.17, 15) is 9.90 Å². The monoisotopic (exact) mass is 525 g/mol.